The number of hydrogen-bond donors (Lipinski definition) is 4. The first kappa shape index (κ1) is 16.9. The molecule has 21 heavy (non-hydrogen) atoms. The molecule has 0 aliphatic carbocycles. The SMILES string of the molecule is Cc1cc(CNC(=O)NCC[C@H](O)C(=O)O)cc(C)c1F. The third kappa shape index (κ3) is 5.39. The fraction of sp³-hybridized carbons (Fsp3) is 0.429. The number of nitrogens with one attached hydrogen (secondary N) is 2. The number of hydrogen-bond acceptors (Lipinski definition) is 3. The highest BCUT2D eigenvalue weighted by molar-refractivity contribution is 5.74. The number of urea groups is 1. The van der Waals surface area contributed by atoms with Gasteiger partial charge in [-0.25, -0.2) is 14.0 Å². The van der Waals surface area contributed by atoms with Crippen LogP contribution in [-0.4, -0.2) is 34.9 Å². The first-order chi connectivity index (χ1) is 9.81. The number of aliphatic carboxylic acids is 1. The van der Waals surface area contributed by atoms with Gasteiger partial charge in [-0.1, -0.05) is 12.1 Å². The van der Waals surface area contributed by atoms with Gasteiger partial charge in [-0.15, -0.1) is 0 Å². The molecule has 7 heteroatoms. The number of carboxylic acid groups (broad SMARTS) is 1. The van der Waals surface area contributed by atoms with Gasteiger partial charge in [0.15, 0.2) is 6.10 Å². The summed E-state index contributed by atoms with van der Waals surface area (Å²) in [5.41, 5.74) is 1.79. The van der Waals surface area contributed by atoms with Gasteiger partial charge >= 0.3 is 12.0 Å². The minimum Gasteiger partial charge on any atom is -0.479 e. The van der Waals surface area contributed by atoms with Crippen LogP contribution in [0, 0.1) is 19.7 Å². The number of carboxylic acids is 1. The summed E-state index contributed by atoms with van der Waals surface area (Å²) in [4.78, 5) is 21.8. The van der Waals surface area contributed by atoms with Crippen molar-refractivity contribution in [3.63, 3.8) is 0 Å². The average Bonchev–Trinajstić information content (AvgIpc) is 2.42. The third-order valence-corrected chi connectivity index (χ3v) is 2.94. The topological polar surface area (TPSA) is 98.7 Å². The van der Waals surface area contributed by atoms with Crippen LogP contribution in [0.2, 0.25) is 0 Å². The van der Waals surface area contributed by atoms with Crippen molar-refractivity contribution in [2.24, 2.45) is 0 Å². The fourth-order valence-electron chi connectivity index (χ4n) is 1.83. The fourth-order valence-corrected chi connectivity index (χ4v) is 1.83. The molecule has 0 bridgehead atoms. The standard InChI is InChI=1S/C14H19FN2O4/c1-8-5-10(6-9(2)12(8)15)7-17-14(21)16-4-3-11(18)13(19)20/h5-6,11,18H,3-4,7H2,1-2H3,(H,19,20)(H2,16,17,21)/t11-/m0/s1. The van der Waals surface area contributed by atoms with Crippen LogP contribution < -0.4 is 10.6 Å². The summed E-state index contributed by atoms with van der Waals surface area (Å²) in [6.45, 7) is 3.58. The molecule has 1 aromatic carbocycles. The van der Waals surface area contributed by atoms with Crippen LogP contribution in [0.5, 0.6) is 0 Å². The maximum absolute atomic E-state index is 13.4. The molecule has 0 saturated carbocycles. The van der Waals surface area contributed by atoms with Crippen LogP contribution in [0.1, 0.15) is 23.1 Å². The minimum atomic E-state index is -1.49. The van der Waals surface area contributed by atoms with Gasteiger partial charge in [0.1, 0.15) is 5.82 Å². The molecule has 0 unspecified atom stereocenters. The van der Waals surface area contributed by atoms with Crippen molar-refractivity contribution in [3.05, 3.63) is 34.6 Å². The molecular weight excluding hydrogens is 279 g/mol. The lowest BCUT2D eigenvalue weighted by Crippen LogP contribution is -2.37. The Labute approximate surface area is 122 Å². The Hall–Kier alpha value is -2.15. The number of carbonyl (C=O) groups excluding carboxylic acids is 1. The number of rotatable bonds is 6. The molecule has 0 aliphatic heterocycles. The van der Waals surface area contributed by atoms with E-state index in [0.717, 1.165) is 5.56 Å². The highest BCUT2D eigenvalue weighted by Gasteiger charge is 2.12. The van der Waals surface area contributed by atoms with Crippen molar-refractivity contribution in [3.8, 4) is 0 Å². The molecule has 6 nitrogen and oxygen atoms in total. The normalized spacial score (nSPS) is 11.8. The second kappa shape index (κ2) is 7.58. The van der Waals surface area contributed by atoms with E-state index in [-0.39, 0.29) is 25.3 Å². The van der Waals surface area contributed by atoms with Gasteiger partial charge in [-0.2, -0.15) is 0 Å². The minimum absolute atomic E-state index is 0.0424. The number of aryl methyl sites for hydroxylation is 2. The maximum atomic E-state index is 13.4. The molecular formula is C14H19FN2O4. The number of aliphatic hydroxyl groups excluding tert-OH is 1. The van der Waals surface area contributed by atoms with Gasteiger partial charge in [0.05, 0.1) is 0 Å². The molecule has 1 aromatic rings. The molecule has 0 radical (unpaired) electrons. The summed E-state index contributed by atoms with van der Waals surface area (Å²) in [5, 5.41) is 22.5. The van der Waals surface area contributed by atoms with Crippen LogP contribution in [0.4, 0.5) is 9.18 Å². The van der Waals surface area contributed by atoms with Gasteiger partial charge in [0, 0.05) is 19.5 Å². The predicted molar refractivity (Wildman–Crippen MR) is 74.4 cm³/mol. The lowest BCUT2D eigenvalue weighted by atomic mass is 10.1. The molecule has 0 spiro atoms. The average molecular weight is 298 g/mol. The summed E-state index contributed by atoms with van der Waals surface area (Å²) < 4.78 is 13.4. The van der Waals surface area contributed by atoms with Crippen LogP contribution in [-0.2, 0) is 11.3 Å². The first-order valence-electron chi connectivity index (χ1n) is 6.49. The van der Waals surface area contributed by atoms with E-state index in [9.17, 15) is 14.0 Å². The Morgan fingerprint density at radius 2 is 1.81 bits per heavy atom. The van der Waals surface area contributed by atoms with Crippen molar-refractivity contribution < 1.29 is 24.2 Å². The number of aliphatic hydroxyl groups is 1. The number of carbonyl (C=O) groups is 2. The Balaban J connectivity index is 2.38. The molecule has 0 fully saturated rings. The van der Waals surface area contributed by atoms with Crippen molar-refractivity contribution in [1.82, 2.24) is 10.6 Å². The van der Waals surface area contributed by atoms with E-state index in [4.69, 9.17) is 10.2 Å². The Bertz CT molecular complexity index is 511. The zero-order valence-corrected chi connectivity index (χ0v) is 11.9. The van der Waals surface area contributed by atoms with Gasteiger partial charge < -0.3 is 20.8 Å². The summed E-state index contributed by atoms with van der Waals surface area (Å²) in [7, 11) is 0. The Kier molecular flexibility index (Phi) is 6.10. The molecule has 2 amide bonds. The lowest BCUT2D eigenvalue weighted by Gasteiger charge is -2.10. The smallest absolute Gasteiger partial charge is 0.332 e. The first-order valence-corrected chi connectivity index (χ1v) is 6.49. The van der Waals surface area contributed by atoms with Crippen LogP contribution in [0.25, 0.3) is 0 Å². The van der Waals surface area contributed by atoms with E-state index >= 15 is 0 Å². The highest BCUT2D eigenvalue weighted by atomic mass is 19.1. The molecule has 4 N–H and O–H groups in total. The van der Waals surface area contributed by atoms with E-state index in [1.54, 1.807) is 26.0 Å². The third-order valence-electron chi connectivity index (χ3n) is 2.94. The van der Waals surface area contributed by atoms with Crippen molar-refractivity contribution in [1.29, 1.82) is 0 Å². The molecule has 116 valence electrons. The van der Waals surface area contributed by atoms with E-state index in [1.807, 2.05) is 0 Å². The second-order valence-corrected chi connectivity index (χ2v) is 4.80. The van der Waals surface area contributed by atoms with E-state index in [2.05, 4.69) is 10.6 Å². The summed E-state index contributed by atoms with van der Waals surface area (Å²) >= 11 is 0. The second-order valence-electron chi connectivity index (χ2n) is 4.80. The summed E-state index contributed by atoms with van der Waals surface area (Å²) in [5.74, 6) is -1.58. The summed E-state index contributed by atoms with van der Waals surface area (Å²) in [6.07, 6.45) is -1.56. The molecule has 0 aromatic heterocycles. The van der Waals surface area contributed by atoms with E-state index in [0.29, 0.717) is 11.1 Å². The number of amides is 2. The van der Waals surface area contributed by atoms with Crippen molar-refractivity contribution in [2.75, 3.05) is 6.54 Å². The lowest BCUT2D eigenvalue weighted by molar-refractivity contribution is -0.146. The molecule has 0 heterocycles. The van der Waals surface area contributed by atoms with Gasteiger partial charge in [-0.05, 0) is 30.5 Å². The van der Waals surface area contributed by atoms with Gasteiger partial charge in [0.2, 0.25) is 0 Å². The maximum Gasteiger partial charge on any atom is 0.332 e. The number of halogens is 1. The van der Waals surface area contributed by atoms with Crippen LogP contribution >= 0.6 is 0 Å². The van der Waals surface area contributed by atoms with Crippen LogP contribution in [0.15, 0.2) is 12.1 Å². The quantitative estimate of drug-likeness (QED) is 0.631. The Morgan fingerprint density at radius 1 is 1.24 bits per heavy atom. The number of benzene rings is 1. The largest absolute Gasteiger partial charge is 0.479 e. The molecule has 0 aliphatic rings. The molecule has 0 saturated heterocycles. The van der Waals surface area contributed by atoms with Gasteiger partial charge in [0.25, 0.3) is 0 Å². The molecule has 1 atom stereocenters. The molecule has 1 rings (SSSR count). The summed E-state index contributed by atoms with van der Waals surface area (Å²) in [6, 6.07) is 2.82. The van der Waals surface area contributed by atoms with Crippen molar-refractivity contribution >= 4 is 12.0 Å². The zero-order chi connectivity index (χ0) is 16.0. The van der Waals surface area contributed by atoms with E-state index < -0.39 is 18.1 Å². The van der Waals surface area contributed by atoms with Crippen molar-refractivity contribution in [2.45, 2.75) is 32.9 Å². The van der Waals surface area contributed by atoms with Gasteiger partial charge in [-0.3, -0.25) is 0 Å². The predicted octanol–water partition coefficient (Wildman–Crippen LogP) is 1.08. The Morgan fingerprint density at radius 3 is 2.33 bits per heavy atom. The monoisotopic (exact) mass is 298 g/mol. The highest BCUT2D eigenvalue weighted by Crippen LogP contribution is 2.14. The van der Waals surface area contributed by atoms with E-state index in [1.165, 1.54) is 0 Å². The zero-order valence-electron chi connectivity index (χ0n) is 11.9. The van der Waals surface area contributed by atoms with Crippen LogP contribution in [0.3, 0.4) is 0 Å².